The van der Waals surface area contributed by atoms with E-state index in [1.165, 1.54) is 30.3 Å². The minimum absolute atomic E-state index is 0.174. The van der Waals surface area contributed by atoms with Gasteiger partial charge in [0.1, 0.15) is 11.5 Å². The Hall–Kier alpha value is -2.81. The lowest BCUT2D eigenvalue weighted by molar-refractivity contribution is -0.137. The van der Waals surface area contributed by atoms with E-state index >= 15 is 0 Å². The molecular formula is C18H14F3NO2. The van der Waals surface area contributed by atoms with E-state index in [1.54, 1.807) is 0 Å². The molecule has 0 unspecified atom stereocenters. The lowest BCUT2D eigenvalue weighted by Gasteiger charge is -2.10. The number of ketones is 1. The first-order valence-electron chi connectivity index (χ1n) is 7.27. The van der Waals surface area contributed by atoms with Crippen LogP contribution in [0.25, 0.3) is 0 Å². The summed E-state index contributed by atoms with van der Waals surface area (Å²) in [6.07, 6.45) is -3.46. The predicted molar refractivity (Wildman–Crippen MR) is 81.9 cm³/mol. The van der Waals surface area contributed by atoms with E-state index in [1.807, 2.05) is 13.0 Å². The molecule has 124 valence electrons. The second-order valence-electron chi connectivity index (χ2n) is 5.12. The van der Waals surface area contributed by atoms with Gasteiger partial charge in [0.05, 0.1) is 17.2 Å². The molecule has 0 radical (unpaired) electrons. The van der Waals surface area contributed by atoms with E-state index < -0.39 is 11.7 Å². The lowest BCUT2D eigenvalue weighted by atomic mass is 10.0. The maximum atomic E-state index is 12.5. The van der Waals surface area contributed by atoms with Crippen LogP contribution in [-0.2, 0) is 6.18 Å². The second-order valence-corrected chi connectivity index (χ2v) is 5.12. The minimum atomic E-state index is -4.41. The normalized spacial score (nSPS) is 11.0. The SMILES string of the molecule is CCCC(=O)c1cc(Oc2ccc(C(F)(F)F)cc2)ccc1C#N. The van der Waals surface area contributed by atoms with Gasteiger partial charge in [0.25, 0.3) is 0 Å². The first-order chi connectivity index (χ1) is 11.3. The summed E-state index contributed by atoms with van der Waals surface area (Å²) >= 11 is 0. The van der Waals surface area contributed by atoms with Crippen molar-refractivity contribution >= 4 is 5.78 Å². The molecule has 2 aromatic carbocycles. The summed E-state index contributed by atoms with van der Waals surface area (Å²) in [6, 6.07) is 10.6. The highest BCUT2D eigenvalue weighted by Crippen LogP contribution is 2.31. The molecule has 0 saturated heterocycles. The molecule has 6 heteroatoms. The molecule has 2 rings (SSSR count). The predicted octanol–water partition coefficient (Wildman–Crippen LogP) is 5.35. The molecule has 0 aromatic heterocycles. The van der Waals surface area contributed by atoms with Crippen molar-refractivity contribution in [1.29, 1.82) is 5.26 Å². The van der Waals surface area contributed by atoms with Gasteiger partial charge < -0.3 is 4.74 Å². The number of hydrogen-bond donors (Lipinski definition) is 0. The van der Waals surface area contributed by atoms with E-state index in [-0.39, 0.29) is 28.4 Å². The van der Waals surface area contributed by atoms with Crippen molar-refractivity contribution in [2.24, 2.45) is 0 Å². The Morgan fingerprint density at radius 3 is 2.29 bits per heavy atom. The summed E-state index contributed by atoms with van der Waals surface area (Å²) < 4.78 is 43.1. The zero-order valence-electron chi connectivity index (χ0n) is 12.9. The average Bonchev–Trinajstić information content (AvgIpc) is 2.54. The second kappa shape index (κ2) is 7.18. The number of carbonyl (C=O) groups excluding carboxylic acids is 1. The molecule has 0 aliphatic rings. The number of ether oxygens (including phenoxy) is 1. The van der Waals surface area contributed by atoms with Crippen molar-refractivity contribution in [2.45, 2.75) is 25.9 Å². The molecule has 0 N–H and O–H groups in total. The van der Waals surface area contributed by atoms with Crippen LogP contribution < -0.4 is 4.74 Å². The third kappa shape index (κ3) is 4.13. The highest BCUT2D eigenvalue weighted by atomic mass is 19.4. The molecular weight excluding hydrogens is 319 g/mol. The lowest BCUT2D eigenvalue weighted by Crippen LogP contribution is -2.04. The van der Waals surface area contributed by atoms with Gasteiger partial charge in [0, 0.05) is 12.0 Å². The molecule has 3 nitrogen and oxygen atoms in total. The maximum Gasteiger partial charge on any atom is 0.416 e. The fourth-order valence-electron chi connectivity index (χ4n) is 2.12. The summed E-state index contributed by atoms with van der Waals surface area (Å²) in [5.41, 5.74) is -0.273. The van der Waals surface area contributed by atoms with Crippen LogP contribution in [0.3, 0.4) is 0 Å². The number of Topliss-reactive ketones (excluding diaryl/α,β-unsaturated/α-hetero) is 1. The minimum Gasteiger partial charge on any atom is -0.457 e. The average molecular weight is 333 g/mol. The van der Waals surface area contributed by atoms with Crippen molar-refractivity contribution in [1.82, 2.24) is 0 Å². The fourth-order valence-corrected chi connectivity index (χ4v) is 2.12. The molecule has 0 saturated carbocycles. The third-order valence-electron chi connectivity index (χ3n) is 3.31. The zero-order chi connectivity index (χ0) is 17.7. The molecule has 24 heavy (non-hydrogen) atoms. The molecule has 2 aromatic rings. The van der Waals surface area contributed by atoms with Gasteiger partial charge in [-0.25, -0.2) is 0 Å². The molecule has 0 bridgehead atoms. The molecule has 0 amide bonds. The van der Waals surface area contributed by atoms with E-state index in [0.717, 1.165) is 12.1 Å². The fraction of sp³-hybridized carbons (Fsp3) is 0.222. The smallest absolute Gasteiger partial charge is 0.416 e. The van der Waals surface area contributed by atoms with Gasteiger partial charge in [-0.1, -0.05) is 6.92 Å². The number of hydrogen-bond acceptors (Lipinski definition) is 3. The van der Waals surface area contributed by atoms with Crippen molar-refractivity contribution in [3.63, 3.8) is 0 Å². The number of halogens is 3. The van der Waals surface area contributed by atoms with Crippen LogP contribution in [-0.4, -0.2) is 5.78 Å². The van der Waals surface area contributed by atoms with E-state index in [4.69, 9.17) is 10.00 Å². The van der Waals surface area contributed by atoms with Gasteiger partial charge in [0.2, 0.25) is 0 Å². The van der Waals surface area contributed by atoms with Crippen LogP contribution in [0.5, 0.6) is 11.5 Å². The first kappa shape index (κ1) is 17.5. The van der Waals surface area contributed by atoms with Crippen LogP contribution >= 0.6 is 0 Å². The number of carbonyl (C=O) groups is 1. The van der Waals surface area contributed by atoms with Gasteiger partial charge in [-0.05, 0) is 48.9 Å². The first-order valence-corrected chi connectivity index (χ1v) is 7.27. The standard InChI is InChI=1S/C18H14F3NO2/c1-2-3-17(23)16-10-15(7-4-12(16)11-22)24-14-8-5-13(6-9-14)18(19,20)21/h4-10H,2-3H2,1H3. The highest BCUT2D eigenvalue weighted by Gasteiger charge is 2.30. The van der Waals surface area contributed by atoms with Crippen LogP contribution in [0.1, 0.15) is 41.3 Å². The van der Waals surface area contributed by atoms with Crippen LogP contribution in [0.2, 0.25) is 0 Å². The summed E-state index contributed by atoms with van der Waals surface area (Å²) in [6.45, 7) is 1.85. The monoisotopic (exact) mass is 333 g/mol. The number of benzene rings is 2. The Kier molecular flexibility index (Phi) is 5.24. The van der Waals surface area contributed by atoms with E-state index in [2.05, 4.69) is 0 Å². The summed E-state index contributed by atoms with van der Waals surface area (Å²) in [5, 5.41) is 9.07. The summed E-state index contributed by atoms with van der Waals surface area (Å²) in [4.78, 5) is 12.1. The summed E-state index contributed by atoms with van der Waals surface area (Å²) in [5.74, 6) is 0.321. The Balaban J connectivity index is 2.25. The van der Waals surface area contributed by atoms with Crippen molar-refractivity contribution < 1.29 is 22.7 Å². The van der Waals surface area contributed by atoms with Gasteiger partial charge in [-0.3, -0.25) is 4.79 Å². The highest BCUT2D eigenvalue weighted by molar-refractivity contribution is 5.98. The van der Waals surface area contributed by atoms with Crippen molar-refractivity contribution in [3.05, 3.63) is 59.2 Å². The molecule has 0 fully saturated rings. The Bertz CT molecular complexity index is 774. The molecule has 0 atom stereocenters. The Labute approximate surface area is 137 Å². The number of nitriles is 1. The van der Waals surface area contributed by atoms with E-state index in [9.17, 15) is 18.0 Å². The van der Waals surface area contributed by atoms with Gasteiger partial charge in [-0.2, -0.15) is 18.4 Å². The van der Waals surface area contributed by atoms with Crippen LogP contribution in [0.15, 0.2) is 42.5 Å². The van der Waals surface area contributed by atoms with Crippen LogP contribution in [0, 0.1) is 11.3 Å². The Morgan fingerprint density at radius 2 is 1.75 bits per heavy atom. The topological polar surface area (TPSA) is 50.1 Å². The third-order valence-corrected chi connectivity index (χ3v) is 3.31. The molecule has 0 heterocycles. The van der Waals surface area contributed by atoms with Gasteiger partial charge in [0.15, 0.2) is 5.78 Å². The largest absolute Gasteiger partial charge is 0.457 e. The number of nitrogens with zero attached hydrogens (tertiary/aromatic N) is 1. The zero-order valence-corrected chi connectivity index (χ0v) is 12.9. The summed E-state index contributed by atoms with van der Waals surface area (Å²) in [7, 11) is 0. The van der Waals surface area contributed by atoms with Crippen molar-refractivity contribution in [3.8, 4) is 17.6 Å². The van der Waals surface area contributed by atoms with Gasteiger partial charge >= 0.3 is 6.18 Å². The molecule has 0 aliphatic carbocycles. The Morgan fingerprint density at radius 1 is 1.12 bits per heavy atom. The van der Waals surface area contributed by atoms with Gasteiger partial charge in [-0.15, -0.1) is 0 Å². The van der Waals surface area contributed by atoms with Crippen molar-refractivity contribution in [2.75, 3.05) is 0 Å². The quantitative estimate of drug-likeness (QED) is 0.693. The number of rotatable bonds is 5. The maximum absolute atomic E-state index is 12.5. The molecule has 0 aliphatic heterocycles. The number of alkyl halides is 3. The van der Waals surface area contributed by atoms with Crippen LogP contribution in [0.4, 0.5) is 13.2 Å². The molecule has 0 spiro atoms. The van der Waals surface area contributed by atoms with E-state index in [0.29, 0.717) is 12.8 Å².